The maximum Gasteiger partial charge on any atom is 0.244 e. The zero-order valence-corrected chi connectivity index (χ0v) is 11.7. The monoisotopic (exact) mass is 264 g/mol. The predicted octanol–water partition coefficient (Wildman–Crippen LogP) is 2.63. The number of amides is 1. The Labute approximate surface area is 113 Å². The summed E-state index contributed by atoms with van der Waals surface area (Å²) in [5.74, 6) is -0.215. The fraction of sp³-hybridized carbons (Fsp3) is 0.533. The topological polar surface area (TPSA) is 32.3 Å². The number of anilines is 1. The molecule has 1 unspecified atom stereocenters. The van der Waals surface area contributed by atoms with E-state index in [1.807, 2.05) is 19.9 Å². The fourth-order valence-electron chi connectivity index (χ4n) is 2.44. The number of aryl methyl sites for hydroxylation is 1. The van der Waals surface area contributed by atoms with Gasteiger partial charge in [0.2, 0.25) is 5.91 Å². The first-order chi connectivity index (χ1) is 8.99. The quantitative estimate of drug-likeness (QED) is 0.910. The average molecular weight is 264 g/mol. The van der Waals surface area contributed by atoms with Gasteiger partial charge in [-0.05, 0) is 37.5 Å². The third-order valence-electron chi connectivity index (χ3n) is 3.44. The molecular weight excluding hydrogens is 243 g/mol. The van der Waals surface area contributed by atoms with E-state index in [2.05, 4.69) is 5.32 Å². The smallest absolute Gasteiger partial charge is 0.244 e. The molecule has 3 nitrogen and oxygen atoms in total. The molecule has 0 spiro atoms. The summed E-state index contributed by atoms with van der Waals surface area (Å²) < 4.78 is 13.6. The Hall–Kier alpha value is -1.42. The molecule has 0 saturated carbocycles. The molecule has 1 aromatic carbocycles. The highest BCUT2D eigenvalue weighted by molar-refractivity contribution is 5.97. The Kier molecular flexibility index (Phi) is 4.20. The summed E-state index contributed by atoms with van der Waals surface area (Å²) >= 11 is 0. The highest BCUT2D eigenvalue weighted by Crippen LogP contribution is 2.23. The standard InChI is InChI=1S/C15H21FN2O/c1-10(2)17-14-5-4-8-18(15(14)19)12-7-6-11(3)13(16)9-12/h6-7,9-10,14,17H,4-5,8H2,1-3H3. The number of carbonyl (C=O) groups excluding carboxylic acids is 1. The normalized spacial score (nSPS) is 20.2. The van der Waals surface area contributed by atoms with E-state index < -0.39 is 0 Å². The summed E-state index contributed by atoms with van der Waals surface area (Å²) in [6, 6.07) is 5.10. The van der Waals surface area contributed by atoms with E-state index in [1.54, 1.807) is 17.9 Å². The van der Waals surface area contributed by atoms with E-state index in [0.717, 1.165) is 12.8 Å². The molecule has 1 N–H and O–H groups in total. The molecule has 1 heterocycles. The van der Waals surface area contributed by atoms with Crippen LogP contribution >= 0.6 is 0 Å². The van der Waals surface area contributed by atoms with E-state index in [0.29, 0.717) is 17.8 Å². The molecular formula is C15H21FN2O. The van der Waals surface area contributed by atoms with Gasteiger partial charge in [0.1, 0.15) is 5.82 Å². The molecule has 104 valence electrons. The lowest BCUT2D eigenvalue weighted by Crippen LogP contribution is -2.52. The predicted molar refractivity (Wildman–Crippen MR) is 74.8 cm³/mol. The first-order valence-electron chi connectivity index (χ1n) is 6.82. The SMILES string of the molecule is Cc1ccc(N2CCCC(NC(C)C)C2=O)cc1F. The number of nitrogens with zero attached hydrogens (tertiary/aromatic N) is 1. The van der Waals surface area contributed by atoms with Crippen LogP contribution in [0.3, 0.4) is 0 Å². The Balaban J connectivity index is 2.19. The van der Waals surface area contributed by atoms with Gasteiger partial charge in [0.05, 0.1) is 6.04 Å². The molecule has 2 rings (SSSR count). The van der Waals surface area contributed by atoms with Gasteiger partial charge in [-0.3, -0.25) is 4.79 Å². The fourth-order valence-corrected chi connectivity index (χ4v) is 2.44. The molecule has 1 aromatic rings. The summed E-state index contributed by atoms with van der Waals surface area (Å²) in [6.45, 7) is 6.44. The van der Waals surface area contributed by atoms with Crippen LogP contribution in [-0.4, -0.2) is 24.5 Å². The minimum Gasteiger partial charge on any atom is -0.311 e. The number of carbonyl (C=O) groups is 1. The van der Waals surface area contributed by atoms with Crippen LogP contribution in [0.5, 0.6) is 0 Å². The molecule has 0 aliphatic carbocycles. The molecule has 0 aromatic heterocycles. The van der Waals surface area contributed by atoms with Gasteiger partial charge in [-0.25, -0.2) is 4.39 Å². The minimum absolute atomic E-state index is 0.0446. The minimum atomic E-state index is -0.260. The van der Waals surface area contributed by atoms with Crippen molar-refractivity contribution in [2.75, 3.05) is 11.4 Å². The largest absolute Gasteiger partial charge is 0.311 e. The van der Waals surface area contributed by atoms with Crippen molar-refractivity contribution >= 4 is 11.6 Å². The van der Waals surface area contributed by atoms with Crippen molar-refractivity contribution < 1.29 is 9.18 Å². The zero-order valence-electron chi connectivity index (χ0n) is 11.7. The zero-order chi connectivity index (χ0) is 14.0. The van der Waals surface area contributed by atoms with E-state index >= 15 is 0 Å². The molecule has 1 atom stereocenters. The summed E-state index contributed by atoms with van der Waals surface area (Å²) in [4.78, 5) is 14.1. The van der Waals surface area contributed by atoms with Crippen molar-refractivity contribution in [1.29, 1.82) is 0 Å². The molecule has 1 saturated heterocycles. The van der Waals surface area contributed by atoms with Gasteiger partial charge in [0.15, 0.2) is 0 Å². The van der Waals surface area contributed by atoms with Crippen LogP contribution in [0, 0.1) is 12.7 Å². The van der Waals surface area contributed by atoms with Crippen LogP contribution in [0.15, 0.2) is 18.2 Å². The molecule has 0 radical (unpaired) electrons. The number of benzene rings is 1. The Morgan fingerprint density at radius 1 is 1.42 bits per heavy atom. The van der Waals surface area contributed by atoms with Gasteiger partial charge in [0, 0.05) is 18.3 Å². The first kappa shape index (κ1) is 14.0. The molecule has 1 aliphatic rings. The van der Waals surface area contributed by atoms with Gasteiger partial charge < -0.3 is 10.2 Å². The third-order valence-corrected chi connectivity index (χ3v) is 3.44. The van der Waals surface area contributed by atoms with Crippen molar-refractivity contribution in [3.05, 3.63) is 29.6 Å². The van der Waals surface area contributed by atoms with Crippen LogP contribution in [0.2, 0.25) is 0 Å². The molecule has 1 amide bonds. The second-order valence-electron chi connectivity index (χ2n) is 5.44. The number of nitrogens with one attached hydrogen (secondary N) is 1. The lowest BCUT2D eigenvalue weighted by molar-refractivity contribution is -0.121. The first-order valence-corrected chi connectivity index (χ1v) is 6.82. The molecule has 4 heteroatoms. The van der Waals surface area contributed by atoms with Crippen molar-refractivity contribution in [1.82, 2.24) is 5.32 Å². The van der Waals surface area contributed by atoms with Crippen molar-refractivity contribution in [2.45, 2.75) is 45.7 Å². The second-order valence-corrected chi connectivity index (χ2v) is 5.44. The third kappa shape index (κ3) is 3.13. The lowest BCUT2D eigenvalue weighted by atomic mass is 10.0. The van der Waals surface area contributed by atoms with E-state index in [4.69, 9.17) is 0 Å². The van der Waals surface area contributed by atoms with Crippen molar-refractivity contribution in [3.63, 3.8) is 0 Å². The lowest BCUT2D eigenvalue weighted by Gasteiger charge is -2.33. The van der Waals surface area contributed by atoms with Crippen LogP contribution < -0.4 is 10.2 Å². The summed E-state index contributed by atoms with van der Waals surface area (Å²) in [7, 11) is 0. The van der Waals surface area contributed by atoms with Gasteiger partial charge >= 0.3 is 0 Å². The Morgan fingerprint density at radius 3 is 2.79 bits per heavy atom. The summed E-state index contributed by atoms with van der Waals surface area (Å²) in [5.41, 5.74) is 1.26. The molecule has 19 heavy (non-hydrogen) atoms. The number of piperidine rings is 1. The number of hydrogen-bond donors (Lipinski definition) is 1. The van der Waals surface area contributed by atoms with Crippen LogP contribution in [0.1, 0.15) is 32.3 Å². The Morgan fingerprint density at radius 2 is 2.16 bits per heavy atom. The maximum atomic E-state index is 13.6. The van der Waals surface area contributed by atoms with Gasteiger partial charge in [-0.1, -0.05) is 19.9 Å². The van der Waals surface area contributed by atoms with E-state index in [9.17, 15) is 9.18 Å². The maximum absolute atomic E-state index is 13.6. The molecule has 0 bridgehead atoms. The van der Waals surface area contributed by atoms with E-state index in [1.165, 1.54) is 6.07 Å². The van der Waals surface area contributed by atoms with Gasteiger partial charge in [0.25, 0.3) is 0 Å². The highest BCUT2D eigenvalue weighted by Gasteiger charge is 2.29. The van der Waals surface area contributed by atoms with Crippen molar-refractivity contribution in [3.8, 4) is 0 Å². The number of halogens is 1. The summed E-state index contributed by atoms with van der Waals surface area (Å²) in [5, 5.41) is 3.27. The second kappa shape index (κ2) is 5.70. The van der Waals surface area contributed by atoms with Crippen LogP contribution in [-0.2, 0) is 4.79 Å². The number of rotatable bonds is 3. The van der Waals surface area contributed by atoms with Crippen molar-refractivity contribution in [2.24, 2.45) is 0 Å². The summed E-state index contributed by atoms with van der Waals surface area (Å²) in [6.07, 6.45) is 1.79. The van der Waals surface area contributed by atoms with Gasteiger partial charge in [-0.2, -0.15) is 0 Å². The average Bonchev–Trinajstić information content (AvgIpc) is 2.35. The Bertz CT molecular complexity index is 473. The van der Waals surface area contributed by atoms with Crippen LogP contribution in [0.4, 0.5) is 10.1 Å². The van der Waals surface area contributed by atoms with Gasteiger partial charge in [-0.15, -0.1) is 0 Å². The van der Waals surface area contributed by atoms with Crippen LogP contribution in [0.25, 0.3) is 0 Å². The molecule has 1 fully saturated rings. The number of hydrogen-bond acceptors (Lipinski definition) is 2. The molecule has 1 aliphatic heterocycles. The van der Waals surface area contributed by atoms with E-state index in [-0.39, 0.29) is 23.8 Å². The highest BCUT2D eigenvalue weighted by atomic mass is 19.1.